The molecule has 0 atom stereocenters. The molecule has 4 nitrogen and oxygen atoms in total. The van der Waals surface area contributed by atoms with Crippen molar-refractivity contribution in [2.45, 2.75) is 39.2 Å². The molecule has 0 N–H and O–H groups in total. The molecule has 0 aliphatic heterocycles. The standard InChI is InChI=1S/C15H16ClFN4/c1-3-10(4-2)15-14(8-18)19-20-21(15)9-11-12(16)6-5-7-13(11)17/h5-7,10H,3-4,9H2,1-2H3. The average molecular weight is 307 g/mol. The Hall–Kier alpha value is -1.93. The fourth-order valence-corrected chi connectivity index (χ4v) is 2.65. The third-order valence-corrected chi connectivity index (χ3v) is 3.98. The number of nitrogens with zero attached hydrogens (tertiary/aromatic N) is 4. The first-order valence-corrected chi connectivity index (χ1v) is 7.26. The van der Waals surface area contributed by atoms with Crippen LogP contribution in [0.3, 0.4) is 0 Å². The van der Waals surface area contributed by atoms with Crippen LogP contribution in [0.4, 0.5) is 4.39 Å². The topological polar surface area (TPSA) is 54.5 Å². The number of hydrogen-bond donors (Lipinski definition) is 0. The van der Waals surface area contributed by atoms with E-state index in [4.69, 9.17) is 11.6 Å². The van der Waals surface area contributed by atoms with Gasteiger partial charge in [0.2, 0.25) is 0 Å². The van der Waals surface area contributed by atoms with E-state index in [0.717, 1.165) is 18.5 Å². The SMILES string of the molecule is CCC(CC)c1c(C#N)nnn1Cc1c(F)cccc1Cl. The first-order chi connectivity index (χ1) is 10.1. The van der Waals surface area contributed by atoms with Gasteiger partial charge in [0, 0.05) is 16.5 Å². The lowest BCUT2D eigenvalue weighted by Crippen LogP contribution is -2.12. The molecule has 0 radical (unpaired) electrons. The van der Waals surface area contributed by atoms with Crippen LogP contribution in [0.5, 0.6) is 0 Å². The van der Waals surface area contributed by atoms with Gasteiger partial charge in [0.25, 0.3) is 0 Å². The molecular weight excluding hydrogens is 291 g/mol. The lowest BCUT2D eigenvalue weighted by atomic mass is 9.97. The zero-order chi connectivity index (χ0) is 15.4. The third-order valence-electron chi connectivity index (χ3n) is 3.62. The zero-order valence-corrected chi connectivity index (χ0v) is 12.7. The van der Waals surface area contributed by atoms with Crippen LogP contribution in [0.2, 0.25) is 5.02 Å². The molecule has 0 aliphatic carbocycles. The molecule has 0 amide bonds. The third kappa shape index (κ3) is 3.06. The molecule has 2 aromatic rings. The van der Waals surface area contributed by atoms with Crippen molar-refractivity contribution in [2.24, 2.45) is 0 Å². The largest absolute Gasteiger partial charge is 0.243 e. The number of rotatable bonds is 5. The Morgan fingerprint density at radius 3 is 2.67 bits per heavy atom. The van der Waals surface area contributed by atoms with Crippen molar-refractivity contribution in [3.8, 4) is 6.07 Å². The van der Waals surface area contributed by atoms with Gasteiger partial charge in [0.05, 0.1) is 12.2 Å². The van der Waals surface area contributed by atoms with E-state index in [1.807, 2.05) is 13.8 Å². The minimum Gasteiger partial charge on any atom is -0.243 e. The van der Waals surface area contributed by atoms with Crippen molar-refractivity contribution in [1.82, 2.24) is 15.0 Å². The number of nitriles is 1. The van der Waals surface area contributed by atoms with E-state index in [1.54, 1.807) is 16.8 Å². The summed E-state index contributed by atoms with van der Waals surface area (Å²) < 4.78 is 15.5. The summed E-state index contributed by atoms with van der Waals surface area (Å²) in [6.07, 6.45) is 1.73. The van der Waals surface area contributed by atoms with E-state index < -0.39 is 0 Å². The number of halogens is 2. The summed E-state index contributed by atoms with van der Waals surface area (Å²) in [6.45, 7) is 4.26. The molecular formula is C15H16ClFN4. The van der Waals surface area contributed by atoms with Crippen molar-refractivity contribution in [1.29, 1.82) is 5.26 Å². The van der Waals surface area contributed by atoms with Crippen LogP contribution < -0.4 is 0 Å². The lowest BCUT2D eigenvalue weighted by molar-refractivity contribution is 0.527. The summed E-state index contributed by atoms with van der Waals surface area (Å²) in [5.74, 6) is -0.216. The number of aromatic nitrogens is 3. The van der Waals surface area contributed by atoms with Crippen LogP contribution in [-0.2, 0) is 6.54 Å². The van der Waals surface area contributed by atoms with Gasteiger partial charge in [-0.3, -0.25) is 0 Å². The monoisotopic (exact) mass is 306 g/mol. The van der Waals surface area contributed by atoms with Crippen LogP contribution in [0, 0.1) is 17.1 Å². The molecule has 0 aliphatic rings. The molecule has 0 fully saturated rings. The fourth-order valence-electron chi connectivity index (χ4n) is 2.43. The van der Waals surface area contributed by atoms with Crippen molar-refractivity contribution in [3.05, 3.63) is 46.0 Å². The Labute approximate surface area is 128 Å². The highest BCUT2D eigenvalue weighted by atomic mass is 35.5. The van der Waals surface area contributed by atoms with Gasteiger partial charge in [-0.25, -0.2) is 9.07 Å². The second-order valence-corrected chi connectivity index (χ2v) is 5.21. The van der Waals surface area contributed by atoms with Crippen molar-refractivity contribution in [3.63, 3.8) is 0 Å². The zero-order valence-electron chi connectivity index (χ0n) is 12.0. The quantitative estimate of drug-likeness (QED) is 0.842. The predicted molar refractivity (Wildman–Crippen MR) is 78.6 cm³/mol. The molecule has 1 aromatic heterocycles. The van der Waals surface area contributed by atoms with Crippen LogP contribution in [-0.4, -0.2) is 15.0 Å². The summed E-state index contributed by atoms with van der Waals surface area (Å²) >= 11 is 6.05. The second kappa shape index (κ2) is 6.68. The van der Waals surface area contributed by atoms with E-state index in [1.165, 1.54) is 6.07 Å². The van der Waals surface area contributed by atoms with Crippen LogP contribution in [0.15, 0.2) is 18.2 Å². The average Bonchev–Trinajstić information content (AvgIpc) is 2.87. The van der Waals surface area contributed by atoms with Gasteiger partial charge >= 0.3 is 0 Å². The van der Waals surface area contributed by atoms with Gasteiger partial charge in [-0.1, -0.05) is 36.7 Å². The van der Waals surface area contributed by atoms with Crippen molar-refractivity contribution in [2.75, 3.05) is 0 Å². The predicted octanol–water partition coefficient (Wildman–Crippen LogP) is 3.89. The Bertz CT molecular complexity index is 651. The maximum Gasteiger partial charge on any atom is 0.186 e. The first-order valence-electron chi connectivity index (χ1n) is 6.88. The fraction of sp³-hybridized carbons (Fsp3) is 0.400. The minimum absolute atomic E-state index is 0.167. The smallest absolute Gasteiger partial charge is 0.186 e. The highest BCUT2D eigenvalue weighted by Crippen LogP contribution is 2.27. The maximum atomic E-state index is 13.9. The molecule has 21 heavy (non-hydrogen) atoms. The summed E-state index contributed by atoms with van der Waals surface area (Å²) in [5.41, 5.74) is 1.42. The van der Waals surface area contributed by atoms with E-state index in [0.29, 0.717) is 16.3 Å². The summed E-state index contributed by atoms with van der Waals surface area (Å²) in [5, 5.41) is 17.4. The van der Waals surface area contributed by atoms with Gasteiger partial charge in [-0.2, -0.15) is 5.26 Å². The summed E-state index contributed by atoms with van der Waals surface area (Å²) in [4.78, 5) is 0. The van der Waals surface area contributed by atoms with Gasteiger partial charge < -0.3 is 0 Å². The number of hydrogen-bond acceptors (Lipinski definition) is 3. The van der Waals surface area contributed by atoms with Gasteiger partial charge in [0.15, 0.2) is 5.69 Å². The highest BCUT2D eigenvalue weighted by molar-refractivity contribution is 6.31. The first kappa shape index (κ1) is 15.5. The molecule has 1 aromatic carbocycles. The minimum atomic E-state index is -0.382. The van der Waals surface area contributed by atoms with Gasteiger partial charge in [0.1, 0.15) is 11.9 Å². The van der Waals surface area contributed by atoms with E-state index in [-0.39, 0.29) is 18.3 Å². The Kier molecular flexibility index (Phi) is 4.92. The van der Waals surface area contributed by atoms with Crippen LogP contribution in [0.25, 0.3) is 0 Å². The second-order valence-electron chi connectivity index (χ2n) is 4.81. The van der Waals surface area contributed by atoms with Crippen LogP contribution >= 0.6 is 11.6 Å². The van der Waals surface area contributed by atoms with Gasteiger partial charge in [-0.15, -0.1) is 5.10 Å². The van der Waals surface area contributed by atoms with E-state index >= 15 is 0 Å². The molecule has 0 bridgehead atoms. The summed E-state index contributed by atoms with van der Waals surface area (Å²) in [6, 6.07) is 6.62. The Morgan fingerprint density at radius 2 is 2.10 bits per heavy atom. The maximum absolute atomic E-state index is 13.9. The van der Waals surface area contributed by atoms with Crippen molar-refractivity contribution >= 4 is 11.6 Å². The molecule has 0 saturated carbocycles. The van der Waals surface area contributed by atoms with E-state index in [9.17, 15) is 9.65 Å². The van der Waals surface area contributed by atoms with Crippen molar-refractivity contribution < 1.29 is 4.39 Å². The molecule has 2 rings (SSSR count). The highest BCUT2D eigenvalue weighted by Gasteiger charge is 2.21. The summed E-state index contributed by atoms with van der Waals surface area (Å²) in [7, 11) is 0. The molecule has 0 spiro atoms. The van der Waals surface area contributed by atoms with Gasteiger partial charge in [-0.05, 0) is 25.0 Å². The molecule has 1 heterocycles. The number of benzene rings is 1. The Morgan fingerprint density at radius 1 is 1.38 bits per heavy atom. The molecule has 6 heteroatoms. The Balaban J connectivity index is 2.46. The lowest BCUT2D eigenvalue weighted by Gasteiger charge is -2.15. The molecule has 110 valence electrons. The van der Waals surface area contributed by atoms with E-state index in [2.05, 4.69) is 16.4 Å². The van der Waals surface area contributed by atoms with Crippen LogP contribution in [0.1, 0.15) is 49.6 Å². The molecule has 0 unspecified atom stereocenters. The molecule has 0 saturated heterocycles. The normalized spacial score (nSPS) is 10.9.